The summed E-state index contributed by atoms with van der Waals surface area (Å²) in [6.45, 7) is 1.25. The second-order valence-electron chi connectivity index (χ2n) is 4.37. The molecule has 0 aliphatic carbocycles. The Hall–Kier alpha value is -1.44. The van der Waals surface area contributed by atoms with Crippen LogP contribution in [-0.4, -0.2) is 38.1 Å². The summed E-state index contributed by atoms with van der Waals surface area (Å²) in [5.41, 5.74) is 3.67. The van der Waals surface area contributed by atoms with Crippen LogP contribution < -0.4 is 11.4 Å². The second kappa shape index (κ2) is 4.10. The lowest BCUT2D eigenvalue weighted by molar-refractivity contribution is -0.0753. The molecule has 1 saturated heterocycles. The average molecular weight is 241 g/mol. The molecule has 3 atom stereocenters. The first-order valence-corrected chi connectivity index (χ1v) is 5.27. The van der Waals surface area contributed by atoms with Gasteiger partial charge in [-0.2, -0.15) is 4.98 Å². The molecule has 1 aromatic heterocycles. The van der Waals surface area contributed by atoms with Gasteiger partial charge in [0, 0.05) is 12.6 Å². The van der Waals surface area contributed by atoms with Gasteiger partial charge >= 0.3 is 5.69 Å². The van der Waals surface area contributed by atoms with Crippen LogP contribution in [0.5, 0.6) is 0 Å². The van der Waals surface area contributed by atoms with Crippen molar-refractivity contribution in [1.29, 1.82) is 0 Å². The Balaban J connectivity index is 2.29. The van der Waals surface area contributed by atoms with Crippen LogP contribution in [0.1, 0.15) is 19.6 Å². The molecule has 2 rings (SSSR count). The molecule has 1 aromatic rings. The van der Waals surface area contributed by atoms with Crippen LogP contribution in [0.2, 0.25) is 0 Å². The zero-order chi connectivity index (χ0) is 12.6. The summed E-state index contributed by atoms with van der Waals surface area (Å²) < 4.78 is 6.67. The smallest absolute Gasteiger partial charge is 0.351 e. The van der Waals surface area contributed by atoms with Gasteiger partial charge in [0.05, 0.1) is 12.2 Å². The lowest BCUT2D eigenvalue weighted by Crippen LogP contribution is -2.37. The van der Waals surface area contributed by atoms with Crippen LogP contribution in [-0.2, 0) is 4.74 Å². The average Bonchev–Trinajstić information content (AvgIpc) is 2.53. The van der Waals surface area contributed by atoms with Crippen LogP contribution >= 0.6 is 0 Å². The molecule has 4 N–H and O–H groups in total. The molecule has 94 valence electrons. The minimum atomic E-state index is -1.17. The summed E-state index contributed by atoms with van der Waals surface area (Å²) in [4.78, 5) is 15.2. The maximum atomic E-state index is 11.6. The number of hydrogen-bond donors (Lipinski definition) is 3. The number of hydrogen-bond acceptors (Lipinski definition) is 6. The van der Waals surface area contributed by atoms with Crippen LogP contribution in [0.4, 0.5) is 5.82 Å². The van der Waals surface area contributed by atoms with Crippen molar-refractivity contribution in [3.8, 4) is 0 Å². The Morgan fingerprint density at radius 3 is 3.00 bits per heavy atom. The fourth-order valence-corrected chi connectivity index (χ4v) is 1.92. The SMILES string of the molecule is C[C@]1(O)C[C@H](n2ccc(N)nc2=O)O[C@@H]1CO. The highest BCUT2D eigenvalue weighted by atomic mass is 16.5. The first kappa shape index (κ1) is 12.0. The van der Waals surface area contributed by atoms with Crippen molar-refractivity contribution in [2.75, 3.05) is 12.3 Å². The second-order valence-corrected chi connectivity index (χ2v) is 4.37. The maximum Gasteiger partial charge on any atom is 0.351 e. The fraction of sp³-hybridized carbons (Fsp3) is 0.600. The van der Waals surface area contributed by atoms with E-state index in [2.05, 4.69) is 4.98 Å². The van der Waals surface area contributed by atoms with Crippen LogP contribution in [0, 0.1) is 0 Å². The Bertz CT molecular complexity index is 471. The molecule has 1 aliphatic rings. The van der Waals surface area contributed by atoms with Gasteiger partial charge in [-0.3, -0.25) is 4.57 Å². The monoisotopic (exact) mass is 241 g/mol. The maximum absolute atomic E-state index is 11.6. The van der Waals surface area contributed by atoms with E-state index in [0.29, 0.717) is 0 Å². The molecular formula is C10H15N3O4. The minimum absolute atomic E-state index is 0.134. The standard InChI is InChI=1S/C10H15N3O4/c1-10(16)4-8(17-6(10)5-14)13-3-2-7(11)12-9(13)15/h2-3,6,8,14,16H,4-5H2,1H3,(H2,11,12,15)/t6-,8-,10+/m1/s1. The fourth-order valence-electron chi connectivity index (χ4n) is 1.92. The summed E-state index contributed by atoms with van der Waals surface area (Å²) in [5, 5.41) is 19.1. The molecule has 7 heteroatoms. The largest absolute Gasteiger partial charge is 0.394 e. The Morgan fingerprint density at radius 1 is 1.76 bits per heavy atom. The molecule has 0 radical (unpaired) electrons. The topological polar surface area (TPSA) is 111 Å². The van der Waals surface area contributed by atoms with E-state index < -0.39 is 23.6 Å². The van der Waals surface area contributed by atoms with Crippen LogP contribution in [0.15, 0.2) is 17.1 Å². The highest BCUT2D eigenvalue weighted by molar-refractivity contribution is 5.23. The lowest BCUT2D eigenvalue weighted by Gasteiger charge is -2.20. The zero-order valence-electron chi connectivity index (χ0n) is 9.41. The third-order valence-electron chi connectivity index (χ3n) is 2.93. The van der Waals surface area contributed by atoms with Gasteiger partial charge in [-0.15, -0.1) is 0 Å². The van der Waals surface area contributed by atoms with Gasteiger partial charge in [0.25, 0.3) is 0 Å². The van der Waals surface area contributed by atoms with Crippen LogP contribution in [0.3, 0.4) is 0 Å². The molecule has 0 unspecified atom stereocenters. The van der Waals surface area contributed by atoms with E-state index in [-0.39, 0.29) is 18.8 Å². The van der Waals surface area contributed by atoms with Gasteiger partial charge in [-0.1, -0.05) is 0 Å². The molecule has 0 saturated carbocycles. The van der Waals surface area contributed by atoms with E-state index in [9.17, 15) is 9.90 Å². The van der Waals surface area contributed by atoms with E-state index >= 15 is 0 Å². The number of nitrogens with zero attached hydrogens (tertiary/aromatic N) is 2. The van der Waals surface area contributed by atoms with Crippen molar-refractivity contribution in [3.63, 3.8) is 0 Å². The van der Waals surface area contributed by atoms with Gasteiger partial charge in [-0.25, -0.2) is 4.79 Å². The van der Waals surface area contributed by atoms with Gasteiger partial charge in [0.1, 0.15) is 18.1 Å². The molecule has 0 amide bonds. The molecule has 0 spiro atoms. The van der Waals surface area contributed by atoms with E-state index in [1.54, 1.807) is 6.92 Å². The first-order valence-electron chi connectivity index (χ1n) is 5.27. The summed E-state index contributed by atoms with van der Waals surface area (Å²) in [7, 11) is 0. The third kappa shape index (κ3) is 2.17. The number of nitrogens with two attached hydrogens (primary N) is 1. The number of aliphatic hydroxyl groups excluding tert-OH is 1. The zero-order valence-corrected chi connectivity index (χ0v) is 9.41. The van der Waals surface area contributed by atoms with E-state index in [4.69, 9.17) is 15.6 Å². The van der Waals surface area contributed by atoms with E-state index in [1.807, 2.05) is 0 Å². The molecule has 7 nitrogen and oxygen atoms in total. The number of anilines is 1. The number of ether oxygens (including phenoxy) is 1. The summed E-state index contributed by atoms with van der Waals surface area (Å²) >= 11 is 0. The van der Waals surface area contributed by atoms with Gasteiger partial charge < -0.3 is 20.7 Å². The Kier molecular flexibility index (Phi) is 2.90. The van der Waals surface area contributed by atoms with Gasteiger partial charge in [0.2, 0.25) is 0 Å². The Labute approximate surface area is 97.5 Å². The summed E-state index contributed by atoms with van der Waals surface area (Å²) in [6.07, 6.45) is 0.328. The lowest BCUT2D eigenvalue weighted by atomic mass is 9.98. The van der Waals surface area contributed by atoms with Crippen molar-refractivity contribution in [1.82, 2.24) is 9.55 Å². The number of aliphatic hydroxyl groups is 2. The molecule has 0 aromatic carbocycles. The highest BCUT2D eigenvalue weighted by Gasteiger charge is 2.44. The van der Waals surface area contributed by atoms with E-state index in [1.165, 1.54) is 16.8 Å². The summed E-state index contributed by atoms with van der Waals surface area (Å²) in [6, 6.07) is 1.48. The quantitative estimate of drug-likeness (QED) is 0.603. The number of nitrogen functional groups attached to an aromatic ring is 1. The van der Waals surface area contributed by atoms with Crippen molar-refractivity contribution >= 4 is 5.82 Å². The van der Waals surface area contributed by atoms with Gasteiger partial charge in [-0.05, 0) is 13.0 Å². The third-order valence-corrected chi connectivity index (χ3v) is 2.93. The highest BCUT2D eigenvalue weighted by Crippen LogP contribution is 2.35. The molecule has 2 heterocycles. The van der Waals surface area contributed by atoms with Crippen LogP contribution in [0.25, 0.3) is 0 Å². The number of aromatic nitrogens is 2. The van der Waals surface area contributed by atoms with Crippen molar-refractivity contribution in [2.24, 2.45) is 0 Å². The molecule has 0 bridgehead atoms. The van der Waals surface area contributed by atoms with Gasteiger partial charge in [0.15, 0.2) is 0 Å². The van der Waals surface area contributed by atoms with E-state index in [0.717, 1.165) is 0 Å². The van der Waals surface area contributed by atoms with Crippen molar-refractivity contribution < 1.29 is 14.9 Å². The normalized spacial score (nSPS) is 32.9. The summed E-state index contributed by atoms with van der Waals surface area (Å²) in [5.74, 6) is 0.134. The molecule has 1 aliphatic heterocycles. The Morgan fingerprint density at radius 2 is 2.47 bits per heavy atom. The predicted octanol–water partition coefficient (Wildman–Crippen LogP) is -1.14. The van der Waals surface area contributed by atoms with Crippen molar-refractivity contribution in [2.45, 2.75) is 31.3 Å². The predicted molar refractivity (Wildman–Crippen MR) is 59.1 cm³/mol. The molecule has 17 heavy (non-hydrogen) atoms. The minimum Gasteiger partial charge on any atom is -0.394 e. The molecular weight excluding hydrogens is 226 g/mol. The molecule has 1 fully saturated rings. The van der Waals surface area contributed by atoms with Crippen molar-refractivity contribution in [3.05, 3.63) is 22.7 Å². The first-order chi connectivity index (χ1) is 7.94. The number of rotatable bonds is 2.